The molecule has 0 saturated heterocycles. The fourth-order valence-electron chi connectivity index (χ4n) is 2.68. The number of amides is 2. The molecule has 4 N–H and O–H groups in total. The number of rotatable bonds is 8. The maximum atomic E-state index is 12.4. The van der Waals surface area contributed by atoms with Gasteiger partial charge in [0.25, 0.3) is 5.91 Å². The second-order valence-electron chi connectivity index (χ2n) is 6.22. The van der Waals surface area contributed by atoms with Gasteiger partial charge in [0.1, 0.15) is 17.8 Å². The van der Waals surface area contributed by atoms with Gasteiger partial charge < -0.3 is 20.8 Å². The van der Waals surface area contributed by atoms with E-state index in [9.17, 15) is 9.59 Å². The van der Waals surface area contributed by atoms with Crippen molar-refractivity contribution in [3.8, 4) is 22.7 Å². The van der Waals surface area contributed by atoms with Crippen molar-refractivity contribution in [3.05, 3.63) is 53.9 Å². The first-order valence-electron chi connectivity index (χ1n) is 8.94. The van der Waals surface area contributed by atoms with Gasteiger partial charge in [-0.15, -0.1) is 21.5 Å². The van der Waals surface area contributed by atoms with Crippen LogP contribution in [0.2, 0.25) is 0 Å². The number of carbonyl (C=O) groups is 2. The van der Waals surface area contributed by atoms with Crippen LogP contribution in [0.5, 0.6) is 5.75 Å². The van der Waals surface area contributed by atoms with Crippen molar-refractivity contribution in [2.45, 2.75) is 5.16 Å². The van der Waals surface area contributed by atoms with Crippen LogP contribution in [-0.4, -0.2) is 49.4 Å². The molecule has 12 heteroatoms. The third kappa shape index (κ3) is 4.75. The van der Waals surface area contributed by atoms with Gasteiger partial charge in [-0.2, -0.15) is 0 Å². The summed E-state index contributed by atoms with van der Waals surface area (Å²) in [6.07, 6.45) is 3.23. The maximum Gasteiger partial charge on any atom is 0.265 e. The number of ether oxygens (including phenoxy) is 1. The summed E-state index contributed by atoms with van der Waals surface area (Å²) in [5, 5.41) is 13.6. The van der Waals surface area contributed by atoms with Gasteiger partial charge in [0.05, 0.1) is 18.6 Å². The van der Waals surface area contributed by atoms with Gasteiger partial charge in [0.15, 0.2) is 10.3 Å². The highest BCUT2D eigenvalue weighted by molar-refractivity contribution is 7.99. The first-order chi connectivity index (χ1) is 15.0. The normalized spacial score (nSPS) is 10.7. The van der Waals surface area contributed by atoms with Gasteiger partial charge in [-0.1, -0.05) is 11.8 Å². The Morgan fingerprint density at radius 3 is 2.84 bits per heavy atom. The van der Waals surface area contributed by atoms with Gasteiger partial charge in [0.2, 0.25) is 5.91 Å². The molecule has 0 saturated carbocycles. The van der Waals surface area contributed by atoms with E-state index in [1.54, 1.807) is 35.6 Å². The number of methoxy groups -OCH3 is 1. The van der Waals surface area contributed by atoms with E-state index in [2.05, 4.69) is 25.5 Å². The lowest BCUT2D eigenvalue weighted by Crippen LogP contribution is -2.14. The molecular formula is C19H17N7O3S2. The molecule has 3 aromatic heterocycles. The Labute approximate surface area is 184 Å². The van der Waals surface area contributed by atoms with Crippen LogP contribution in [0.25, 0.3) is 16.9 Å². The van der Waals surface area contributed by atoms with E-state index < -0.39 is 5.91 Å². The molecule has 0 atom stereocenters. The summed E-state index contributed by atoms with van der Waals surface area (Å²) in [7, 11) is 1.61. The molecule has 4 rings (SSSR count). The van der Waals surface area contributed by atoms with Crippen molar-refractivity contribution in [2.75, 3.05) is 18.2 Å². The second kappa shape index (κ2) is 9.02. The molecule has 4 aromatic rings. The Bertz CT molecular complexity index is 1210. The van der Waals surface area contributed by atoms with Crippen LogP contribution in [0.4, 0.5) is 5.13 Å². The Morgan fingerprint density at radius 1 is 1.32 bits per heavy atom. The molecule has 0 fully saturated rings. The molecule has 158 valence electrons. The van der Waals surface area contributed by atoms with Gasteiger partial charge in [0, 0.05) is 22.8 Å². The number of nitrogens with two attached hydrogens (primary N) is 1. The Morgan fingerprint density at radius 2 is 2.13 bits per heavy atom. The van der Waals surface area contributed by atoms with Crippen LogP contribution in [0, 0.1) is 0 Å². The van der Waals surface area contributed by atoms with Crippen molar-refractivity contribution in [2.24, 2.45) is 5.73 Å². The molecule has 0 bridgehead atoms. The molecule has 0 spiro atoms. The zero-order valence-corrected chi connectivity index (χ0v) is 17.9. The smallest absolute Gasteiger partial charge is 0.265 e. The third-order valence-corrected chi connectivity index (χ3v) is 5.89. The van der Waals surface area contributed by atoms with Gasteiger partial charge in [-0.3, -0.25) is 14.2 Å². The average Bonchev–Trinajstić information content (AvgIpc) is 3.52. The number of nitrogens with zero attached hydrogens (tertiary/aromatic N) is 4. The van der Waals surface area contributed by atoms with Crippen molar-refractivity contribution >= 4 is 40.0 Å². The van der Waals surface area contributed by atoms with E-state index in [1.165, 1.54) is 23.1 Å². The summed E-state index contributed by atoms with van der Waals surface area (Å²) < 4.78 is 6.96. The molecule has 1 aromatic carbocycles. The van der Waals surface area contributed by atoms with E-state index in [-0.39, 0.29) is 11.7 Å². The van der Waals surface area contributed by atoms with Gasteiger partial charge >= 0.3 is 0 Å². The predicted molar refractivity (Wildman–Crippen MR) is 118 cm³/mol. The summed E-state index contributed by atoms with van der Waals surface area (Å²) in [5.41, 5.74) is 7.76. The van der Waals surface area contributed by atoms with E-state index >= 15 is 0 Å². The third-order valence-electron chi connectivity index (χ3n) is 4.19. The predicted octanol–water partition coefficient (Wildman–Crippen LogP) is 2.56. The summed E-state index contributed by atoms with van der Waals surface area (Å²) >= 11 is 2.55. The lowest BCUT2D eigenvalue weighted by molar-refractivity contribution is -0.113. The number of benzene rings is 1. The van der Waals surface area contributed by atoms with Crippen LogP contribution in [0.1, 0.15) is 10.5 Å². The molecular weight excluding hydrogens is 438 g/mol. The number of H-pyrrole nitrogens is 1. The van der Waals surface area contributed by atoms with Crippen molar-refractivity contribution in [1.29, 1.82) is 0 Å². The molecule has 0 aliphatic carbocycles. The number of thiazole rings is 1. The van der Waals surface area contributed by atoms with Crippen LogP contribution in [-0.2, 0) is 4.79 Å². The zero-order chi connectivity index (χ0) is 21.8. The highest BCUT2D eigenvalue weighted by Gasteiger charge is 2.13. The minimum atomic E-state index is -0.547. The number of hydrogen-bond donors (Lipinski definition) is 3. The number of thioether (sulfide) groups is 1. The quantitative estimate of drug-likeness (QED) is 0.347. The molecule has 0 aliphatic heterocycles. The summed E-state index contributed by atoms with van der Waals surface area (Å²) in [6, 6.07) is 9.06. The fourth-order valence-corrected chi connectivity index (χ4v) is 4.14. The first-order valence-corrected chi connectivity index (χ1v) is 10.8. The topological polar surface area (TPSA) is 141 Å². The molecule has 3 heterocycles. The minimum Gasteiger partial charge on any atom is -0.497 e. The van der Waals surface area contributed by atoms with Crippen molar-refractivity contribution in [1.82, 2.24) is 24.7 Å². The number of carbonyl (C=O) groups excluding carboxylic acids is 2. The number of nitrogens with one attached hydrogen (secondary N) is 2. The van der Waals surface area contributed by atoms with Crippen LogP contribution in [0.15, 0.2) is 53.4 Å². The summed E-state index contributed by atoms with van der Waals surface area (Å²) in [5.74, 6) is 0.120. The number of hydrogen-bond acceptors (Lipinski definition) is 8. The molecule has 2 amide bonds. The molecule has 10 nitrogen and oxygen atoms in total. The Kier molecular flexibility index (Phi) is 6.00. The maximum absolute atomic E-state index is 12.4. The lowest BCUT2D eigenvalue weighted by atomic mass is 10.2. The van der Waals surface area contributed by atoms with Gasteiger partial charge in [-0.25, -0.2) is 4.98 Å². The molecule has 31 heavy (non-hydrogen) atoms. The average molecular weight is 456 g/mol. The van der Waals surface area contributed by atoms with Crippen LogP contribution in [0.3, 0.4) is 0 Å². The zero-order valence-electron chi connectivity index (χ0n) is 16.2. The SMILES string of the molecule is COc1ccc(-n2cnnc2SCC(=O)Nc2nc(-c3c[nH]c(C(N)=O)c3)cs2)cc1. The molecule has 0 unspecified atom stereocenters. The number of primary amides is 1. The van der Waals surface area contributed by atoms with E-state index in [1.807, 2.05) is 24.3 Å². The summed E-state index contributed by atoms with van der Waals surface area (Å²) in [4.78, 5) is 30.7. The van der Waals surface area contributed by atoms with Crippen LogP contribution < -0.4 is 15.8 Å². The highest BCUT2D eigenvalue weighted by atomic mass is 32.2. The van der Waals surface area contributed by atoms with Gasteiger partial charge in [-0.05, 0) is 30.3 Å². The van der Waals surface area contributed by atoms with E-state index in [4.69, 9.17) is 10.5 Å². The standard InChI is InChI=1S/C19H17N7O3S2/c1-29-13-4-2-12(3-5-13)26-10-22-25-19(26)31-9-16(27)24-18-23-15(8-30-18)11-6-14(17(20)28)21-7-11/h2-8,10,21H,9H2,1H3,(H2,20,28)(H,23,24,27). The largest absolute Gasteiger partial charge is 0.497 e. The lowest BCUT2D eigenvalue weighted by Gasteiger charge is -2.07. The highest BCUT2D eigenvalue weighted by Crippen LogP contribution is 2.26. The number of anilines is 1. The minimum absolute atomic E-state index is 0.139. The van der Waals surface area contributed by atoms with Crippen molar-refractivity contribution < 1.29 is 14.3 Å². The first kappa shape index (κ1) is 20.6. The Hall–Kier alpha value is -3.64. The Balaban J connectivity index is 1.36. The molecule has 0 aliphatic rings. The fraction of sp³-hybridized carbons (Fsp3) is 0.105. The monoisotopic (exact) mass is 455 g/mol. The van der Waals surface area contributed by atoms with E-state index in [0.717, 1.165) is 11.4 Å². The molecule has 0 radical (unpaired) electrons. The second-order valence-corrected chi connectivity index (χ2v) is 8.02. The van der Waals surface area contributed by atoms with E-state index in [0.29, 0.717) is 27.2 Å². The summed E-state index contributed by atoms with van der Waals surface area (Å²) in [6.45, 7) is 0. The van der Waals surface area contributed by atoms with Crippen LogP contribution >= 0.6 is 23.1 Å². The number of aromatic nitrogens is 5. The van der Waals surface area contributed by atoms with Crippen molar-refractivity contribution in [3.63, 3.8) is 0 Å². The number of aromatic amines is 1.